The van der Waals surface area contributed by atoms with E-state index in [2.05, 4.69) is 36.2 Å². The summed E-state index contributed by atoms with van der Waals surface area (Å²) < 4.78 is 1.77. The van der Waals surface area contributed by atoms with Gasteiger partial charge in [0.1, 0.15) is 0 Å². The lowest BCUT2D eigenvalue weighted by Gasteiger charge is -2.02. The van der Waals surface area contributed by atoms with Gasteiger partial charge in [-0.1, -0.05) is 0 Å². The Morgan fingerprint density at radius 3 is 2.71 bits per heavy atom. The lowest BCUT2D eigenvalue weighted by Crippen LogP contribution is -2.30. The normalized spacial score (nSPS) is 17.5. The number of rotatable bonds is 2. The van der Waals surface area contributed by atoms with Gasteiger partial charge in [0.25, 0.3) is 0 Å². The maximum atomic E-state index is 4.46. The van der Waals surface area contributed by atoms with Crippen LogP contribution in [0.15, 0.2) is 21.3 Å². The van der Waals surface area contributed by atoms with Crippen LogP contribution in [0.5, 0.6) is 0 Å². The third-order valence-electron chi connectivity index (χ3n) is 3.17. The third-order valence-corrected chi connectivity index (χ3v) is 3.17. The Kier molecular flexibility index (Phi) is 4.94. The first-order chi connectivity index (χ1) is 9.74. The van der Waals surface area contributed by atoms with Crippen molar-refractivity contribution in [2.45, 2.75) is 13.8 Å². The fraction of sp³-hybridized carbons (Fsp3) is 0.500. The van der Waals surface area contributed by atoms with Gasteiger partial charge < -0.3 is 10.6 Å². The fourth-order valence-electron chi connectivity index (χ4n) is 2.13. The van der Waals surface area contributed by atoms with Crippen LogP contribution in [-0.4, -0.2) is 53.6 Å². The maximum absolute atomic E-state index is 4.46. The highest BCUT2D eigenvalue weighted by Gasteiger charge is 2.14. The van der Waals surface area contributed by atoms with Crippen molar-refractivity contribution in [2.24, 2.45) is 15.1 Å². The van der Waals surface area contributed by atoms with E-state index in [4.69, 9.17) is 0 Å². The van der Waals surface area contributed by atoms with Crippen LogP contribution >= 0.6 is 17.0 Å². The van der Waals surface area contributed by atoms with Crippen LogP contribution in [0, 0.1) is 6.92 Å². The number of aromatic nitrogens is 2. The van der Waals surface area contributed by atoms with Crippen molar-refractivity contribution in [3.8, 4) is 0 Å². The number of guanidine groups is 1. The molecule has 0 atom stereocenters. The minimum atomic E-state index is 0. The van der Waals surface area contributed by atoms with Crippen molar-refractivity contribution in [3.63, 3.8) is 0 Å². The van der Waals surface area contributed by atoms with Gasteiger partial charge in [-0.2, -0.15) is 10.2 Å². The number of aryl methyl sites for hydroxylation is 1. The molecule has 0 bridgehead atoms. The summed E-state index contributed by atoms with van der Waals surface area (Å²) in [6, 6.07) is 0. The summed E-state index contributed by atoms with van der Waals surface area (Å²) in [6.45, 7) is 7.22. The third kappa shape index (κ3) is 3.41. The van der Waals surface area contributed by atoms with E-state index in [0.717, 1.165) is 55.1 Å². The quantitative estimate of drug-likeness (QED) is 0.508. The van der Waals surface area contributed by atoms with Gasteiger partial charge in [0, 0.05) is 24.8 Å². The molecule has 1 aromatic rings. The van der Waals surface area contributed by atoms with Crippen molar-refractivity contribution >= 4 is 34.6 Å². The molecule has 0 aliphatic carbocycles. The SMILES string of the molecule is Br.C/C(=N/NC1=NCCN1)c1cn(C2=NCCN2)nc1C. The molecule has 21 heavy (non-hydrogen) atoms. The monoisotopic (exact) mass is 354 g/mol. The number of hydrogen-bond donors (Lipinski definition) is 3. The van der Waals surface area contributed by atoms with Gasteiger partial charge in [0.2, 0.25) is 11.9 Å². The van der Waals surface area contributed by atoms with E-state index in [1.54, 1.807) is 4.68 Å². The van der Waals surface area contributed by atoms with E-state index in [9.17, 15) is 0 Å². The minimum Gasteiger partial charge on any atom is -0.353 e. The van der Waals surface area contributed by atoms with Crippen molar-refractivity contribution in [3.05, 3.63) is 17.5 Å². The zero-order valence-corrected chi connectivity index (χ0v) is 13.8. The van der Waals surface area contributed by atoms with E-state index in [1.165, 1.54) is 0 Å². The summed E-state index contributed by atoms with van der Waals surface area (Å²) >= 11 is 0. The largest absolute Gasteiger partial charge is 0.353 e. The zero-order valence-electron chi connectivity index (χ0n) is 12.1. The lowest BCUT2D eigenvalue weighted by molar-refractivity contribution is 0.862. The Morgan fingerprint density at radius 2 is 2.05 bits per heavy atom. The highest BCUT2D eigenvalue weighted by molar-refractivity contribution is 8.93. The van der Waals surface area contributed by atoms with Gasteiger partial charge in [0.15, 0.2) is 0 Å². The Bertz CT molecular complexity index is 600. The number of nitrogens with one attached hydrogen (secondary N) is 3. The highest BCUT2D eigenvalue weighted by Crippen LogP contribution is 2.07. The number of halogens is 1. The Balaban J connectivity index is 0.00000161. The van der Waals surface area contributed by atoms with Crippen molar-refractivity contribution in [1.82, 2.24) is 25.8 Å². The van der Waals surface area contributed by atoms with Crippen LogP contribution in [0.1, 0.15) is 18.2 Å². The molecule has 9 heteroatoms. The standard InChI is InChI=1S/C12H18N8.BrH/c1-8(17-18-11-13-3-4-14-11)10-7-20(19-9(10)2)12-15-5-6-16-12;/h7H,3-6H2,1-2H3,(H,15,16)(H2,13,14,18);1H/b17-8-;. The second-order valence-electron chi connectivity index (χ2n) is 4.67. The van der Waals surface area contributed by atoms with Crippen molar-refractivity contribution < 1.29 is 0 Å². The second-order valence-corrected chi connectivity index (χ2v) is 4.67. The van der Waals surface area contributed by atoms with Crippen LogP contribution < -0.4 is 16.1 Å². The average molecular weight is 355 g/mol. The first-order valence-electron chi connectivity index (χ1n) is 6.68. The Hall–Kier alpha value is -1.90. The summed E-state index contributed by atoms with van der Waals surface area (Å²) in [5.74, 6) is 1.51. The predicted octanol–water partition coefficient (Wildman–Crippen LogP) is -0.150. The van der Waals surface area contributed by atoms with Crippen LogP contribution in [-0.2, 0) is 0 Å². The van der Waals surface area contributed by atoms with Crippen molar-refractivity contribution in [1.29, 1.82) is 0 Å². The molecule has 1 aromatic heterocycles. The molecule has 0 radical (unpaired) electrons. The van der Waals surface area contributed by atoms with Gasteiger partial charge in [-0.25, -0.2) is 20.1 Å². The maximum Gasteiger partial charge on any atom is 0.219 e. The smallest absolute Gasteiger partial charge is 0.219 e. The fourth-order valence-corrected chi connectivity index (χ4v) is 2.13. The van der Waals surface area contributed by atoms with Crippen LogP contribution in [0.3, 0.4) is 0 Å². The number of hydrogen-bond acceptors (Lipinski definition) is 7. The molecule has 0 fully saturated rings. The molecule has 2 aliphatic rings. The van der Waals surface area contributed by atoms with Crippen LogP contribution in [0.25, 0.3) is 0 Å². The predicted molar refractivity (Wildman–Crippen MR) is 88.6 cm³/mol. The molecule has 114 valence electrons. The molecule has 3 rings (SSSR count). The second kappa shape index (κ2) is 6.70. The molecule has 0 spiro atoms. The topological polar surface area (TPSA) is 91.0 Å². The van der Waals surface area contributed by atoms with Gasteiger partial charge in [-0.05, 0) is 13.8 Å². The van der Waals surface area contributed by atoms with E-state index < -0.39 is 0 Å². The van der Waals surface area contributed by atoms with E-state index in [-0.39, 0.29) is 17.0 Å². The summed E-state index contributed by atoms with van der Waals surface area (Å²) in [7, 11) is 0. The van der Waals surface area contributed by atoms with Gasteiger partial charge in [-0.15, -0.1) is 17.0 Å². The van der Waals surface area contributed by atoms with E-state index >= 15 is 0 Å². The summed E-state index contributed by atoms with van der Waals surface area (Å²) in [4.78, 5) is 8.58. The van der Waals surface area contributed by atoms with E-state index in [1.807, 2.05) is 20.0 Å². The molecule has 3 heterocycles. The molecule has 0 amide bonds. The average Bonchev–Trinajstić information content (AvgIpc) is 3.17. The minimum absolute atomic E-state index is 0. The molecule has 0 saturated heterocycles. The van der Waals surface area contributed by atoms with E-state index in [0.29, 0.717) is 0 Å². The summed E-state index contributed by atoms with van der Waals surface area (Å²) in [5.41, 5.74) is 5.71. The molecule has 0 aromatic carbocycles. The number of aliphatic imine (C=N–C) groups is 2. The number of hydrazone groups is 1. The van der Waals surface area contributed by atoms with Crippen molar-refractivity contribution in [2.75, 3.05) is 26.2 Å². The molecule has 8 nitrogen and oxygen atoms in total. The van der Waals surface area contributed by atoms with Gasteiger partial charge in [0.05, 0.1) is 24.5 Å². The summed E-state index contributed by atoms with van der Waals surface area (Å²) in [6.07, 6.45) is 1.94. The van der Waals surface area contributed by atoms with Gasteiger partial charge >= 0.3 is 0 Å². The molecule has 2 aliphatic heterocycles. The zero-order chi connectivity index (χ0) is 13.9. The first-order valence-corrected chi connectivity index (χ1v) is 6.68. The molecule has 3 N–H and O–H groups in total. The van der Waals surface area contributed by atoms with Gasteiger partial charge in [-0.3, -0.25) is 0 Å². The Labute approximate surface area is 133 Å². The summed E-state index contributed by atoms with van der Waals surface area (Å²) in [5, 5.41) is 15.1. The lowest BCUT2D eigenvalue weighted by atomic mass is 10.2. The molecular weight excluding hydrogens is 336 g/mol. The Morgan fingerprint density at radius 1 is 1.29 bits per heavy atom. The molecule has 0 saturated carbocycles. The molecular formula is C12H19BrN8. The van der Waals surface area contributed by atoms with Crippen LogP contribution in [0.2, 0.25) is 0 Å². The van der Waals surface area contributed by atoms with Crippen LogP contribution in [0.4, 0.5) is 0 Å². The number of nitrogens with zero attached hydrogens (tertiary/aromatic N) is 5. The first kappa shape index (κ1) is 15.5. The molecule has 0 unspecified atom stereocenters. The highest BCUT2D eigenvalue weighted by atomic mass is 79.9.